The summed E-state index contributed by atoms with van der Waals surface area (Å²) in [5.41, 5.74) is 2.24. The fraction of sp³-hybridized carbons (Fsp3) is 0.409. The van der Waals surface area contributed by atoms with Crippen LogP contribution in [0.3, 0.4) is 0 Å². The van der Waals surface area contributed by atoms with Crippen molar-refractivity contribution >= 4 is 15.9 Å². The molecule has 0 unspecified atom stereocenters. The van der Waals surface area contributed by atoms with Gasteiger partial charge in [-0.05, 0) is 56.5 Å². The topological polar surface area (TPSA) is 75.7 Å². The minimum absolute atomic E-state index is 0.0143. The summed E-state index contributed by atoms with van der Waals surface area (Å²) in [7, 11) is -2.02. The third kappa shape index (κ3) is 4.97. The first-order chi connectivity index (χ1) is 13.8. The van der Waals surface area contributed by atoms with Crippen molar-refractivity contribution < 1.29 is 17.9 Å². The molecule has 6 nitrogen and oxygen atoms in total. The standard InChI is InChI=1S/C22H28N2O4S/c1-16-4-6-18(7-5-16)17(2)23-22(25)19-12-14-24(15-13-19)29(26,27)21-10-8-20(28-3)9-11-21/h4-11,17,19H,12-15H2,1-3H3,(H,23,25)/t17-/m0/s1. The van der Waals surface area contributed by atoms with Crippen LogP contribution >= 0.6 is 0 Å². The Labute approximate surface area is 172 Å². The normalized spacial score (nSPS) is 16.9. The highest BCUT2D eigenvalue weighted by atomic mass is 32.2. The molecule has 1 saturated heterocycles. The number of hydrogen-bond donors (Lipinski definition) is 1. The summed E-state index contributed by atoms with van der Waals surface area (Å²) in [6, 6.07) is 14.4. The summed E-state index contributed by atoms with van der Waals surface area (Å²) >= 11 is 0. The molecule has 2 aromatic carbocycles. The van der Waals surface area contributed by atoms with E-state index < -0.39 is 10.0 Å². The molecule has 1 fully saturated rings. The van der Waals surface area contributed by atoms with Crippen molar-refractivity contribution in [1.29, 1.82) is 0 Å². The average molecular weight is 417 g/mol. The highest BCUT2D eigenvalue weighted by Crippen LogP contribution is 2.26. The van der Waals surface area contributed by atoms with E-state index in [1.165, 1.54) is 9.87 Å². The molecule has 0 spiro atoms. The van der Waals surface area contributed by atoms with Gasteiger partial charge in [0.05, 0.1) is 18.0 Å². The molecule has 3 rings (SSSR count). The summed E-state index contributed by atoms with van der Waals surface area (Å²) in [6.45, 7) is 4.67. The van der Waals surface area contributed by atoms with E-state index in [0.29, 0.717) is 31.7 Å². The van der Waals surface area contributed by atoms with Crippen molar-refractivity contribution in [3.63, 3.8) is 0 Å². The fourth-order valence-electron chi connectivity index (χ4n) is 3.52. The van der Waals surface area contributed by atoms with Gasteiger partial charge in [0.15, 0.2) is 0 Å². The van der Waals surface area contributed by atoms with Crippen molar-refractivity contribution in [2.75, 3.05) is 20.2 Å². The quantitative estimate of drug-likeness (QED) is 0.784. The van der Waals surface area contributed by atoms with Crippen LogP contribution in [0.15, 0.2) is 53.4 Å². The Balaban J connectivity index is 1.57. The Morgan fingerprint density at radius 1 is 1.07 bits per heavy atom. The molecular formula is C22H28N2O4S. The molecule has 0 radical (unpaired) electrons. The predicted octanol–water partition coefficient (Wildman–Crippen LogP) is 3.28. The summed E-state index contributed by atoms with van der Waals surface area (Å²) in [4.78, 5) is 12.9. The van der Waals surface area contributed by atoms with Crippen LogP contribution < -0.4 is 10.1 Å². The number of ether oxygens (including phenoxy) is 1. The highest BCUT2D eigenvalue weighted by molar-refractivity contribution is 7.89. The number of piperidine rings is 1. The molecule has 29 heavy (non-hydrogen) atoms. The lowest BCUT2D eigenvalue weighted by Crippen LogP contribution is -2.43. The number of rotatable bonds is 6. The summed E-state index contributed by atoms with van der Waals surface area (Å²) < 4.78 is 32.2. The largest absolute Gasteiger partial charge is 0.497 e. The van der Waals surface area contributed by atoms with E-state index in [9.17, 15) is 13.2 Å². The zero-order valence-electron chi connectivity index (χ0n) is 17.1. The van der Waals surface area contributed by atoms with E-state index in [0.717, 1.165) is 5.56 Å². The molecule has 0 aromatic heterocycles. The van der Waals surface area contributed by atoms with Gasteiger partial charge < -0.3 is 10.1 Å². The van der Waals surface area contributed by atoms with Gasteiger partial charge in [-0.25, -0.2) is 8.42 Å². The molecule has 0 aliphatic carbocycles. The number of carbonyl (C=O) groups is 1. The van der Waals surface area contributed by atoms with Crippen molar-refractivity contribution in [1.82, 2.24) is 9.62 Å². The minimum atomic E-state index is -3.56. The second-order valence-electron chi connectivity index (χ2n) is 7.49. The lowest BCUT2D eigenvalue weighted by Gasteiger charge is -2.31. The fourth-order valence-corrected chi connectivity index (χ4v) is 4.99. The number of benzene rings is 2. The Morgan fingerprint density at radius 3 is 2.21 bits per heavy atom. The Kier molecular flexibility index (Phi) is 6.59. The predicted molar refractivity (Wildman–Crippen MR) is 112 cm³/mol. The number of nitrogens with one attached hydrogen (secondary N) is 1. The smallest absolute Gasteiger partial charge is 0.243 e. The highest BCUT2D eigenvalue weighted by Gasteiger charge is 2.32. The Hall–Kier alpha value is -2.38. The number of carbonyl (C=O) groups excluding carboxylic acids is 1. The second-order valence-corrected chi connectivity index (χ2v) is 9.43. The molecule has 0 bridgehead atoms. The maximum atomic E-state index is 12.8. The van der Waals surface area contributed by atoms with Gasteiger partial charge in [0.2, 0.25) is 15.9 Å². The van der Waals surface area contributed by atoms with Crippen LogP contribution in [0.1, 0.15) is 36.9 Å². The van der Waals surface area contributed by atoms with Crippen molar-refractivity contribution in [2.45, 2.75) is 37.6 Å². The van der Waals surface area contributed by atoms with Crippen LogP contribution in [0.2, 0.25) is 0 Å². The molecule has 1 aliphatic rings. The maximum Gasteiger partial charge on any atom is 0.243 e. The SMILES string of the molecule is COc1ccc(S(=O)(=O)N2CCC(C(=O)N[C@@H](C)c3ccc(C)cc3)CC2)cc1. The lowest BCUT2D eigenvalue weighted by molar-refractivity contribution is -0.126. The number of nitrogens with zero attached hydrogens (tertiary/aromatic N) is 1. The van der Waals surface area contributed by atoms with E-state index >= 15 is 0 Å². The molecule has 0 saturated carbocycles. The molecule has 1 amide bonds. The van der Waals surface area contributed by atoms with Crippen LogP contribution in [0.4, 0.5) is 0 Å². The minimum Gasteiger partial charge on any atom is -0.497 e. The van der Waals surface area contributed by atoms with Crippen LogP contribution in [-0.4, -0.2) is 38.8 Å². The van der Waals surface area contributed by atoms with Crippen LogP contribution in [0.25, 0.3) is 0 Å². The second kappa shape index (κ2) is 8.97. The van der Waals surface area contributed by atoms with Crippen molar-refractivity contribution in [2.24, 2.45) is 5.92 Å². The average Bonchev–Trinajstić information content (AvgIpc) is 2.74. The zero-order valence-corrected chi connectivity index (χ0v) is 17.9. The number of hydrogen-bond acceptors (Lipinski definition) is 4. The molecule has 7 heteroatoms. The molecule has 2 aromatic rings. The van der Waals surface area contributed by atoms with E-state index in [1.54, 1.807) is 31.4 Å². The Morgan fingerprint density at radius 2 is 1.66 bits per heavy atom. The summed E-state index contributed by atoms with van der Waals surface area (Å²) in [5, 5.41) is 3.06. The van der Waals surface area contributed by atoms with Crippen LogP contribution in [0, 0.1) is 12.8 Å². The van der Waals surface area contributed by atoms with Gasteiger partial charge in [-0.1, -0.05) is 29.8 Å². The van der Waals surface area contributed by atoms with E-state index in [1.807, 2.05) is 38.1 Å². The zero-order chi connectivity index (χ0) is 21.0. The number of aryl methyl sites for hydroxylation is 1. The third-order valence-corrected chi connectivity index (χ3v) is 7.37. The first kappa shape index (κ1) is 21.3. The van der Waals surface area contributed by atoms with Gasteiger partial charge >= 0.3 is 0 Å². The number of methoxy groups -OCH3 is 1. The van der Waals surface area contributed by atoms with E-state index in [-0.39, 0.29) is 22.8 Å². The van der Waals surface area contributed by atoms with E-state index in [2.05, 4.69) is 5.32 Å². The van der Waals surface area contributed by atoms with Gasteiger partial charge in [-0.15, -0.1) is 0 Å². The van der Waals surface area contributed by atoms with Gasteiger partial charge in [0, 0.05) is 19.0 Å². The number of amides is 1. The van der Waals surface area contributed by atoms with Gasteiger partial charge in [0.25, 0.3) is 0 Å². The third-order valence-electron chi connectivity index (χ3n) is 5.46. The van der Waals surface area contributed by atoms with Gasteiger partial charge in [-0.2, -0.15) is 4.31 Å². The van der Waals surface area contributed by atoms with Crippen molar-refractivity contribution in [3.8, 4) is 5.75 Å². The maximum absolute atomic E-state index is 12.8. The molecule has 1 atom stereocenters. The summed E-state index contributed by atoms with van der Waals surface area (Å²) in [5.74, 6) is 0.423. The molecule has 1 N–H and O–H groups in total. The van der Waals surface area contributed by atoms with E-state index in [4.69, 9.17) is 4.74 Å². The first-order valence-corrected chi connectivity index (χ1v) is 11.3. The molecule has 1 aliphatic heterocycles. The lowest BCUT2D eigenvalue weighted by atomic mass is 9.96. The van der Waals surface area contributed by atoms with Crippen molar-refractivity contribution in [3.05, 3.63) is 59.7 Å². The first-order valence-electron chi connectivity index (χ1n) is 9.82. The monoisotopic (exact) mass is 416 g/mol. The molecule has 156 valence electrons. The Bertz CT molecular complexity index is 932. The molecular weight excluding hydrogens is 388 g/mol. The van der Waals surface area contributed by atoms with Crippen LogP contribution in [-0.2, 0) is 14.8 Å². The molecule has 1 heterocycles. The van der Waals surface area contributed by atoms with Gasteiger partial charge in [0.1, 0.15) is 5.75 Å². The van der Waals surface area contributed by atoms with Gasteiger partial charge in [-0.3, -0.25) is 4.79 Å². The summed E-state index contributed by atoms with van der Waals surface area (Å²) in [6.07, 6.45) is 1.03. The van der Waals surface area contributed by atoms with Crippen LogP contribution in [0.5, 0.6) is 5.75 Å². The number of sulfonamides is 1.